The highest BCUT2D eigenvalue weighted by Gasteiger charge is 2.38. The first-order valence-corrected chi connectivity index (χ1v) is 14.8. The van der Waals surface area contributed by atoms with E-state index in [0.29, 0.717) is 30.4 Å². The number of sulfonamides is 1. The van der Waals surface area contributed by atoms with Crippen molar-refractivity contribution in [1.29, 1.82) is 0 Å². The summed E-state index contributed by atoms with van der Waals surface area (Å²) >= 11 is 0. The van der Waals surface area contributed by atoms with Crippen LogP contribution in [0, 0.1) is 29.6 Å². The van der Waals surface area contributed by atoms with Crippen LogP contribution in [0.1, 0.15) is 70.8 Å². The Balaban J connectivity index is 1.63. The summed E-state index contributed by atoms with van der Waals surface area (Å²) in [5.41, 5.74) is 0.717. The molecule has 1 aromatic carbocycles. The Morgan fingerprint density at radius 3 is 2.61 bits per heavy atom. The Kier molecular flexibility index (Phi) is 8.64. The first kappa shape index (κ1) is 27.0. The zero-order chi connectivity index (χ0) is 25.9. The molecule has 3 aliphatic rings. The summed E-state index contributed by atoms with van der Waals surface area (Å²) < 4.78 is 35.0. The number of carbonyl (C=O) groups is 1. The maximum Gasteiger partial charge on any atom is 0.247 e. The van der Waals surface area contributed by atoms with E-state index in [1.807, 2.05) is 6.92 Å². The van der Waals surface area contributed by atoms with Crippen LogP contribution in [-0.4, -0.2) is 67.5 Å². The van der Waals surface area contributed by atoms with E-state index < -0.39 is 22.2 Å². The third-order valence-corrected chi connectivity index (χ3v) is 9.82. The Hall–Kier alpha value is -2.08. The first-order chi connectivity index (χ1) is 17.2. The summed E-state index contributed by atoms with van der Waals surface area (Å²) in [6, 6.07) is 4.43. The number of hydrogen-bond donors (Lipinski definition) is 1. The number of carbonyl (C=O) groups excluding carboxylic acids is 1. The SMILES string of the molecule is C[C@@H]1CN([C@@H](C)CO)S(=O)(=O)c2ccc(C#CCC3CCCC3)cc2O[C@H]1CN(C)C(=O)CC1CC1. The summed E-state index contributed by atoms with van der Waals surface area (Å²) in [6.07, 6.45) is 8.23. The predicted octanol–water partition coefficient (Wildman–Crippen LogP) is 3.65. The normalized spacial score (nSPS) is 25.0. The Morgan fingerprint density at radius 1 is 1.22 bits per heavy atom. The lowest BCUT2D eigenvalue weighted by molar-refractivity contribution is -0.131. The molecule has 0 spiro atoms. The maximum atomic E-state index is 13.6. The van der Waals surface area contributed by atoms with E-state index in [2.05, 4.69) is 11.8 Å². The number of benzene rings is 1. The monoisotopic (exact) mass is 516 g/mol. The molecular formula is C28H40N2O5S. The minimum Gasteiger partial charge on any atom is -0.487 e. The number of aliphatic hydroxyl groups excluding tert-OH is 1. The van der Waals surface area contributed by atoms with Gasteiger partial charge in [0.1, 0.15) is 16.7 Å². The van der Waals surface area contributed by atoms with Gasteiger partial charge in [0.05, 0.1) is 13.2 Å². The fourth-order valence-electron chi connectivity index (χ4n) is 5.13. The van der Waals surface area contributed by atoms with Gasteiger partial charge in [-0.05, 0) is 62.6 Å². The van der Waals surface area contributed by atoms with Gasteiger partial charge in [0.25, 0.3) is 0 Å². The zero-order valence-corrected chi connectivity index (χ0v) is 22.6. The molecule has 2 fully saturated rings. The molecule has 2 aliphatic carbocycles. The second kappa shape index (κ2) is 11.5. The molecule has 198 valence electrons. The van der Waals surface area contributed by atoms with Crippen LogP contribution >= 0.6 is 0 Å². The lowest BCUT2D eigenvalue weighted by Gasteiger charge is -2.37. The van der Waals surface area contributed by atoms with Crippen molar-refractivity contribution < 1.29 is 23.1 Å². The summed E-state index contributed by atoms with van der Waals surface area (Å²) in [5.74, 6) is 7.78. The van der Waals surface area contributed by atoms with Crippen molar-refractivity contribution in [2.45, 2.75) is 82.3 Å². The van der Waals surface area contributed by atoms with Gasteiger partial charge in [-0.25, -0.2) is 8.42 Å². The highest BCUT2D eigenvalue weighted by Crippen LogP contribution is 2.35. The van der Waals surface area contributed by atoms with Crippen molar-refractivity contribution in [2.24, 2.45) is 17.8 Å². The van der Waals surface area contributed by atoms with E-state index in [1.54, 1.807) is 37.1 Å². The molecule has 0 unspecified atom stereocenters. The molecule has 1 N–H and O–H groups in total. The summed E-state index contributed by atoms with van der Waals surface area (Å²) in [4.78, 5) is 14.5. The average Bonchev–Trinajstić information content (AvgIpc) is 3.51. The van der Waals surface area contributed by atoms with Crippen LogP contribution in [-0.2, 0) is 14.8 Å². The van der Waals surface area contributed by atoms with Crippen LogP contribution in [0.2, 0.25) is 0 Å². The molecule has 0 bridgehead atoms. The molecule has 3 atom stereocenters. The second-order valence-electron chi connectivity index (χ2n) is 11.0. The standard InChI is InChI=1S/C28H40N2O5S/c1-20-17-30(21(2)19-31)36(33,34)27-14-13-23(10-6-9-22-7-4-5-8-22)15-25(27)35-26(20)18-29(3)28(32)16-24-11-12-24/h13-15,20-22,24,26,31H,4-5,7-9,11-12,16-19H2,1-3H3/t20-,21+,26+/m1/s1. The largest absolute Gasteiger partial charge is 0.487 e. The highest BCUT2D eigenvalue weighted by molar-refractivity contribution is 7.89. The first-order valence-electron chi connectivity index (χ1n) is 13.3. The molecule has 8 heteroatoms. The van der Waals surface area contributed by atoms with Crippen molar-refractivity contribution in [3.63, 3.8) is 0 Å². The van der Waals surface area contributed by atoms with E-state index in [0.717, 1.165) is 19.3 Å². The molecule has 0 radical (unpaired) electrons. The van der Waals surface area contributed by atoms with Crippen LogP contribution in [0.3, 0.4) is 0 Å². The van der Waals surface area contributed by atoms with Crippen molar-refractivity contribution >= 4 is 15.9 Å². The van der Waals surface area contributed by atoms with Crippen LogP contribution in [0.4, 0.5) is 0 Å². The number of nitrogens with zero attached hydrogens (tertiary/aromatic N) is 2. The molecule has 1 aromatic rings. The van der Waals surface area contributed by atoms with Gasteiger partial charge in [-0.2, -0.15) is 4.31 Å². The van der Waals surface area contributed by atoms with Crippen LogP contribution in [0.5, 0.6) is 5.75 Å². The average molecular weight is 517 g/mol. The molecule has 4 rings (SSSR count). The van der Waals surface area contributed by atoms with E-state index in [1.165, 1.54) is 30.0 Å². The lowest BCUT2D eigenvalue weighted by atomic mass is 10.0. The molecule has 0 saturated heterocycles. The van der Waals surface area contributed by atoms with Crippen molar-refractivity contribution in [2.75, 3.05) is 26.7 Å². The lowest BCUT2D eigenvalue weighted by Crippen LogP contribution is -2.50. The third kappa shape index (κ3) is 6.42. The molecule has 7 nitrogen and oxygen atoms in total. The van der Waals surface area contributed by atoms with Crippen LogP contribution in [0.25, 0.3) is 0 Å². The van der Waals surface area contributed by atoms with Crippen LogP contribution < -0.4 is 4.74 Å². The Morgan fingerprint density at radius 2 is 1.94 bits per heavy atom. The fraction of sp³-hybridized carbons (Fsp3) is 0.679. The Bertz CT molecular complexity index is 1100. The van der Waals surface area contributed by atoms with E-state index in [-0.39, 0.29) is 35.6 Å². The number of amides is 1. The zero-order valence-electron chi connectivity index (χ0n) is 21.8. The molecule has 0 aromatic heterocycles. The minimum absolute atomic E-state index is 0.0769. The van der Waals surface area contributed by atoms with Crippen LogP contribution in [0.15, 0.2) is 23.1 Å². The Labute approximate surface area is 216 Å². The molecule has 2 saturated carbocycles. The molecule has 1 aliphatic heterocycles. The minimum atomic E-state index is -3.89. The number of ether oxygens (including phenoxy) is 1. The van der Waals surface area contributed by atoms with Gasteiger partial charge in [0.15, 0.2) is 0 Å². The van der Waals surface area contributed by atoms with Gasteiger partial charge < -0.3 is 14.7 Å². The highest BCUT2D eigenvalue weighted by atomic mass is 32.2. The molecule has 1 heterocycles. The molecule has 36 heavy (non-hydrogen) atoms. The fourth-order valence-corrected chi connectivity index (χ4v) is 6.96. The number of aliphatic hydroxyl groups is 1. The maximum absolute atomic E-state index is 13.6. The smallest absolute Gasteiger partial charge is 0.247 e. The van der Waals surface area contributed by atoms with E-state index in [9.17, 15) is 18.3 Å². The van der Waals surface area contributed by atoms with Gasteiger partial charge in [0.2, 0.25) is 15.9 Å². The second-order valence-corrected chi connectivity index (χ2v) is 12.8. The van der Waals surface area contributed by atoms with E-state index in [4.69, 9.17) is 4.74 Å². The topological polar surface area (TPSA) is 87.2 Å². The van der Waals surface area contributed by atoms with Gasteiger partial charge >= 0.3 is 0 Å². The van der Waals surface area contributed by atoms with Crippen molar-refractivity contribution in [1.82, 2.24) is 9.21 Å². The number of hydrogen-bond acceptors (Lipinski definition) is 5. The van der Waals surface area contributed by atoms with Gasteiger partial charge in [0, 0.05) is 44.0 Å². The number of likely N-dealkylation sites (N-methyl/N-ethyl adjacent to an activating group) is 1. The third-order valence-electron chi connectivity index (χ3n) is 7.81. The van der Waals surface area contributed by atoms with Crippen molar-refractivity contribution in [3.05, 3.63) is 23.8 Å². The van der Waals surface area contributed by atoms with E-state index >= 15 is 0 Å². The molecule has 1 amide bonds. The van der Waals surface area contributed by atoms with Crippen molar-refractivity contribution in [3.8, 4) is 17.6 Å². The van der Waals surface area contributed by atoms with Gasteiger partial charge in [-0.1, -0.05) is 31.6 Å². The van der Waals surface area contributed by atoms with Gasteiger partial charge in [-0.3, -0.25) is 4.79 Å². The van der Waals surface area contributed by atoms with Gasteiger partial charge in [-0.15, -0.1) is 0 Å². The predicted molar refractivity (Wildman–Crippen MR) is 139 cm³/mol. The number of fused-ring (bicyclic) bond motifs is 1. The molecular weight excluding hydrogens is 476 g/mol. The number of rotatable bonds is 7. The summed E-state index contributed by atoms with van der Waals surface area (Å²) in [7, 11) is -2.11. The quantitative estimate of drug-likeness (QED) is 0.559. The summed E-state index contributed by atoms with van der Waals surface area (Å²) in [5, 5.41) is 9.81. The summed E-state index contributed by atoms with van der Waals surface area (Å²) in [6.45, 7) is 3.92.